The van der Waals surface area contributed by atoms with Gasteiger partial charge in [0, 0.05) is 19.0 Å². The zero-order chi connectivity index (χ0) is 25.6. The SMILES string of the molecule is CCC(C)[C@H](NC(=O)C1CCN(C(=O)[C@@H](NS(=O)(=O)c2ccc(C)cc2)C(C)C)CC1)C(=O)O. The molecule has 190 valence electrons. The normalized spacial score (nSPS) is 17.8. The van der Waals surface area contributed by atoms with Gasteiger partial charge >= 0.3 is 5.97 Å². The second-order valence-corrected chi connectivity index (χ2v) is 11.2. The van der Waals surface area contributed by atoms with Crippen LogP contribution in [-0.2, 0) is 24.4 Å². The molecular weight excluding hydrogens is 458 g/mol. The van der Waals surface area contributed by atoms with Crippen LogP contribution in [0.2, 0.25) is 0 Å². The van der Waals surface area contributed by atoms with E-state index < -0.39 is 34.0 Å². The topological polar surface area (TPSA) is 133 Å². The van der Waals surface area contributed by atoms with Gasteiger partial charge in [0.15, 0.2) is 0 Å². The third kappa shape index (κ3) is 7.02. The monoisotopic (exact) mass is 495 g/mol. The Morgan fingerprint density at radius 3 is 2.09 bits per heavy atom. The molecule has 2 amide bonds. The van der Waals surface area contributed by atoms with Gasteiger partial charge in [0.25, 0.3) is 0 Å². The molecule has 0 bridgehead atoms. The van der Waals surface area contributed by atoms with Crippen molar-refractivity contribution in [1.29, 1.82) is 0 Å². The Morgan fingerprint density at radius 1 is 1.06 bits per heavy atom. The summed E-state index contributed by atoms with van der Waals surface area (Å²) in [5.74, 6) is -2.57. The molecule has 34 heavy (non-hydrogen) atoms. The molecule has 1 saturated heterocycles. The average molecular weight is 496 g/mol. The summed E-state index contributed by atoms with van der Waals surface area (Å²) in [6.07, 6.45) is 1.40. The molecule has 0 aromatic heterocycles. The summed E-state index contributed by atoms with van der Waals surface area (Å²) in [6, 6.07) is 4.54. The van der Waals surface area contributed by atoms with Crippen LogP contribution in [0.5, 0.6) is 0 Å². The first kappa shape index (κ1) is 27.8. The van der Waals surface area contributed by atoms with E-state index in [1.54, 1.807) is 37.8 Å². The first-order valence-electron chi connectivity index (χ1n) is 11.8. The van der Waals surface area contributed by atoms with Crippen LogP contribution in [0.4, 0.5) is 0 Å². The van der Waals surface area contributed by atoms with Gasteiger partial charge in [0.05, 0.1) is 4.90 Å². The fraction of sp³-hybridized carbons (Fsp3) is 0.625. The number of rotatable bonds is 10. The largest absolute Gasteiger partial charge is 0.480 e. The number of carboxylic acids is 1. The van der Waals surface area contributed by atoms with Crippen LogP contribution in [0.25, 0.3) is 0 Å². The van der Waals surface area contributed by atoms with Crippen molar-refractivity contribution in [1.82, 2.24) is 14.9 Å². The second-order valence-electron chi connectivity index (χ2n) is 9.47. The van der Waals surface area contributed by atoms with E-state index in [-0.39, 0.29) is 28.5 Å². The van der Waals surface area contributed by atoms with E-state index in [4.69, 9.17) is 0 Å². The smallest absolute Gasteiger partial charge is 0.326 e. The molecule has 10 heteroatoms. The van der Waals surface area contributed by atoms with Crippen molar-refractivity contribution in [3.63, 3.8) is 0 Å². The van der Waals surface area contributed by atoms with Crippen molar-refractivity contribution in [2.24, 2.45) is 17.8 Å². The maximum absolute atomic E-state index is 13.2. The molecule has 0 radical (unpaired) electrons. The number of sulfonamides is 1. The molecule has 9 nitrogen and oxygen atoms in total. The lowest BCUT2D eigenvalue weighted by Gasteiger charge is -2.35. The van der Waals surface area contributed by atoms with Gasteiger partial charge in [0.2, 0.25) is 21.8 Å². The van der Waals surface area contributed by atoms with Gasteiger partial charge in [-0.25, -0.2) is 13.2 Å². The molecule has 1 aromatic carbocycles. The highest BCUT2D eigenvalue weighted by atomic mass is 32.2. The lowest BCUT2D eigenvalue weighted by atomic mass is 9.93. The minimum atomic E-state index is -3.88. The maximum atomic E-state index is 13.2. The van der Waals surface area contributed by atoms with E-state index in [0.717, 1.165) is 5.56 Å². The lowest BCUT2D eigenvalue weighted by Crippen LogP contribution is -2.54. The van der Waals surface area contributed by atoms with Gasteiger partial charge in [-0.1, -0.05) is 51.8 Å². The van der Waals surface area contributed by atoms with Gasteiger partial charge < -0.3 is 15.3 Å². The molecule has 0 spiro atoms. The Bertz CT molecular complexity index is 969. The number of hydrogen-bond acceptors (Lipinski definition) is 5. The number of nitrogens with zero attached hydrogens (tertiary/aromatic N) is 1. The predicted molar refractivity (Wildman–Crippen MR) is 128 cm³/mol. The maximum Gasteiger partial charge on any atom is 0.326 e. The number of amides is 2. The number of piperidine rings is 1. The minimum absolute atomic E-state index is 0.0984. The molecular formula is C24H37N3O6S. The van der Waals surface area contributed by atoms with Crippen LogP contribution in [0.15, 0.2) is 29.2 Å². The van der Waals surface area contributed by atoms with E-state index in [1.165, 1.54) is 12.1 Å². The van der Waals surface area contributed by atoms with Crippen LogP contribution >= 0.6 is 0 Å². The number of carbonyl (C=O) groups excluding carboxylic acids is 2. The fourth-order valence-electron chi connectivity index (χ4n) is 3.94. The van der Waals surface area contributed by atoms with Crippen LogP contribution in [0.1, 0.15) is 52.5 Å². The summed E-state index contributed by atoms with van der Waals surface area (Å²) in [5, 5.41) is 12.1. The zero-order valence-corrected chi connectivity index (χ0v) is 21.4. The number of nitrogens with one attached hydrogen (secondary N) is 2. The molecule has 0 aliphatic carbocycles. The molecule has 1 heterocycles. The summed E-state index contributed by atoms with van der Waals surface area (Å²) in [4.78, 5) is 39.0. The number of carboxylic acid groups (broad SMARTS) is 1. The van der Waals surface area contributed by atoms with E-state index in [9.17, 15) is 27.9 Å². The standard InChI is InChI=1S/C24H37N3O6S/c1-6-17(5)21(24(30)31)25-22(28)18-11-13-27(14-12-18)23(29)20(15(2)3)26-34(32,33)19-9-7-16(4)8-10-19/h7-10,15,17-18,20-21,26H,6,11-14H2,1-5H3,(H,25,28)(H,30,31)/t17?,20-,21-/m0/s1. The van der Waals surface area contributed by atoms with Gasteiger partial charge in [-0.2, -0.15) is 4.72 Å². The summed E-state index contributed by atoms with van der Waals surface area (Å²) in [5.41, 5.74) is 0.932. The second kappa shape index (κ2) is 11.8. The Labute approximate surface area is 202 Å². The number of carbonyl (C=O) groups is 3. The molecule has 1 aliphatic heterocycles. The number of aliphatic carboxylic acids is 1. The first-order chi connectivity index (χ1) is 15.9. The fourth-order valence-corrected chi connectivity index (χ4v) is 5.27. The van der Waals surface area contributed by atoms with Crippen LogP contribution in [0.3, 0.4) is 0 Å². The van der Waals surface area contributed by atoms with Crippen molar-refractivity contribution >= 4 is 27.8 Å². The van der Waals surface area contributed by atoms with Gasteiger partial charge in [0.1, 0.15) is 12.1 Å². The molecule has 1 aromatic rings. The molecule has 1 unspecified atom stereocenters. The van der Waals surface area contributed by atoms with Crippen LogP contribution in [-0.4, -0.2) is 61.4 Å². The van der Waals surface area contributed by atoms with Gasteiger partial charge in [-0.15, -0.1) is 0 Å². The molecule has 2 rings (SSSR count). The van der Waals surface area contributed by atoms with E-state index >= 15 is 0 Å². The average Bonchev–Trinajstić information content (AvgIpc) is 2.80. The number of likely N-dealkylation sites (tertiary alicyclic amines) is 1. The minimum Gasteiger partial charge on any atom is -0.480 e. The predicted octanol–water partition coefficient (Wildman–Crippen LogP) is 2.15. The molecule has 1 fully saturated rings. The molecule has 3 atom stereocenters. The third-order valence-corrected chi connectivity index (χ3v) is 7.96. The highest BCUT2D eigenvalue weighted by molar-refractivity contribution is 7.89. The van der Waals surface area contributed by atoms with Gasteiger partial charge in [-0.05, 0) is 43.7 Å². The van der Waals surface area contributed by atoms with Crippen molar-refractivity contribution in [2.45, 2.75) is 70.9 Å². The van der Waals surface area contributed by atoms with E-state index in [1.807, 2.05) is 13.8 Å². The van der Waals surface area contributed by atoms with Crippen molar-refractivity contribution in [2.75, 3.05) is 13.1 Å². The Morgan fingerprint density at radius 2 is 1.62 bits per heavy atom. The Balaban J connectivity index is 2.02. The molecule has 1 aliphatic rings. The van der Waals surface area contributed by atoms with Gasteiger partial charge in [-0.3, -0.25) is 9.59 Å². The highest BCUT2D eigenvalue weighted by Gasteiger charge is 2.36. The van der Waals surface area contributed by atoms with Crippen LogP contribution < -0.4 is 10.0 Å². The lowest BCUT2D eigenvalue weighted by molar-refractivity contribution is -0.144. The number of benzene rings is 1. The molecule has 3 N–H and O–H groups in total. The summed E-state index contributed by atoms with van der Waals surface area (Å²) < 4.78 is 28.2. The number of hydrogen-bond donors (Lipinski definition) is 3. The summed E-state index contributed by atoms with van der Waals surface area (Å²) in [6.45, 7) is 9.67. The van der Waals surface area contributed by atoms with Crippen molar-refractivity contribution in [3.8, 4) is 0 Å². The van der Waals surface area contributed by atoms with Crippen molar-refractivity contribution in [3.05, 3.63) is 29.8 Å². The summed E-state index contributed by atoms with van der Waals surface area (Å²) in [7, 11) is -3.88. The number of aryl methyl sites for hydroxylation is 1. The molecule has 0 saturated carbocycles. The van der Waals surface area contributed by atoms with E-state index in [2.05, 4.69) is 10.0 Å². The Hall–Kier alpha value is -2.46. The van der Waals surface area contributed by atoms with Crippen LogP contribution in [0, 0.1) is 24.7 Å². The Kier molecular flexibility index (Phi) is 9.64. The summed E-state index contributed by atoms with van der Waals surface area (Å²) >= 11 is 0. The third-order valence-electron chi connectivity index (χ3n) is 6.50. The highest BCUT2D eigenvalue weighted by Crippen LogP contribution is 2.21. The zero-order valence-electron chi connectivity index (χ0n) is 20.6. The first-order valence-corrected chi connectivity index (χ1v) is 13.3. The van der Waals surface area contributed by atoms with Crippen molar-refractivity contribution < 1.29 is 27.9 Å². The quantitative estimate of drug-likeness (QED) is 0.456. The van der Waals surface area contributed by atoms with E-state index in [0.29, 0.717) is 32.4 Å².